The standard InChI is InChI=1S/C18H15N3OS2/c1-11-12(2)24-18-16(11)17(19-10-20-18)23-9-14-8-15(22-21-14)13-6-4-3-5-7-13/h3-8,10H,9H2,1-2H3. The van der Waals surface area contributed by atoms with Gasteiger partial charge in [0.1, 0.15) is 16.2 Å². The van der Waals surface area contributed by atoms with Gasteiger partial charge in [-0.3, -0.25) is 0 Å². The summed E-state index contributed by atoms with van der Waals surface area (Å²) in [5, 5.41) is 6.35. The van der Waals surface area contributed by atoms with E-state index in [0.717, 1.165) is 38.0 Å². The lowest BCUT2D eigenvalue weighted by Crippen LogP contribution is -1.87. The summed E-state index contributed by atoms with van der Waals surface area (Å²) < 4.78 is 5.46. The molecule has 1 aromatic carbocycles. The molecule has 0 N–H and O–H groups in total. The molecule has 3 aromatic heterocycles. The molecular weight excluding hydrogens is 338 g/mol. The molecule has 120 valence electrons. The van der Waals surface area contributed by atoms with Gasteiger partial charge in [-0.1, -0.05) is 47.3 Å². The van der Waals surface area contributed by atoms with E-state index in [4.69, 9.17) is 4.52 Å². The lowest BCUT2D eigenvalue weighted by atomic mass is 10.2. The Morgan fingerprint density at radius 1 is 1.12 bits per heavy atom. The Labute approximate surface area is 147 Å². The normalized spacial score (nSPS) is 11.2. The minimum absolute atomic E-state index is 0.719. The number of fused-ring (bicyclic) bond motifs is 1. The van der Waals surface area contributed by atoms with E-state index >= 15 is 0 Å². The number of benzene rings is 1. The molecule has 0 saturated carbocycles. The van der Waals surface area contributed by atoms with E-state index < -0.39 is 0 Å². The summed E-state index contributed by atoms with van der Waals surface area (Å²) in [5.41, 5.74) is 3.22. The highest BCUT2D eigenvalue weighted by Crippen LogP contribution is 2.35. The lowest BCUT2D eigenvalue weighted by Gasteiger charge is -2.01. The molecule has 0 radical (unpaired) electrons. The fourth-order valence-corrected chi connectivity index (χ4v) is 4.52. The Morgan fingerprint density at radius 3 is 2.79 bits per heavy atom. The van der Waals surface area contributed by atoms with E-state index in [2.05, 4.69) is 29.0 Å². The van der Waals surface area contributed by atoms with Crippen molar-refractivity contribution in [1.82, 2.24) is 15.1 Å². The predicted molar refractivity (Wildman–Crippen MR) is 98.4 cm³/mol. The fourth-order valence-electron chi connectivity index (χ4n) is 2.52. The van der Waals surface area contributed by atoms with Gasteiger partial charge in [-0.05, 0) is 19.4 Å². The van der Waals surface area contributed by atoms with Crippen molar-refractivity contribution in [2.24, 2.45) is 0 Å². The Kier molecular flexibility index (Phi) is 4.08. The van der Waals surface area contributed by atoms with Crippen LogP contribution in [0.1, 0.15) is 16.1 Å². The Hall–Kier alpha value is -2.18. The molecule has 0 amide bonds. The molecule has 0 saturated heterocycles. The van der Waals surface area contributed by atoms with Crippen molar-refractivity contribution < 1.29 is 4.52 Å². The summed E-state index contributed by atoms with van der Waals surface area (Å²) in [6.45, 7) is 4.26. The van der Waals surface area contributed by atoms with Crippen LogP contribution in [0.4, 0.5) is 0 Å². The molecule has 3 heterocycles. The van der Waals surface area contributed by atoms with Gasteiger partial charge in [-0.25, -0.2) is 9.97 Å². The van der Waals surface area contributed by atoms with Crippen LogP contribution in [0.25, 0.3) is 21.5 Å². The van der Waals surface area contributed by atoms with Crippen LogP contribution < -0.4 is 0 Å². The van der Waals surface area contributed by atoms with E-state index in [9.17, 15) is 0 Å². The average Bonchev–Trinajstić information content (AvgIpc) is 3.19. The lowest BCUT2D eigenvalue weighted by molar-refractivity contribution is 0.426. The third-order valence-electron chi connectivity index (χ3n) is 3.90. The van der Waals surface area contributed by atoms with Gasteiger partial charge < -0.3 is 4.52 Å². The Bertz CT molecular complexity index is 992. The van der Waals surface area contributed by atoms with Gasteiger partial charge in [-0.15, -0.1) is 11.3 Å². The van der Waals surface area contributed by atoms with E-state index in [1.165, 1.54) is 10.4 Å². The Morgan fingerprint density at radius 2 is 1.96 bits per heavy atom. The predicted octanol–water partition coefficient (Wildman–Crippen LogP) is 5.26. The summed E-state index contributed by atoms with van der Waals surface area (Å²) in [6.07, 6.45) is 1.64. The van der Waals surface area contributed by atoms with Crippen LogP contribution in [0.2, 0.25) is 0 Å². The van der Waals surface area contributed by atoms with Gasteiger partial charge in [0, 0.05) is 27.6 Å². The quantitative estimate of drug-likeness (QED) is 0.370. The van der Waals surface area contributed by atoms with Crippen LogP contribution in [0, 0.1) is 13.8 Å². The maximum Gasteiger partial charge on any atom is 0.167 e. The number of hydrogen-bond donors (Lipinski definition) is 0. The second-order valence-corrected chi connectivity index (χ2v) is 7.65. The van der Waals surface area contributed by atoms with Crippen molar-refractivity contribution >= 4 is 33.3 Å². The number of rotatable bonds is 4. The van der Waals surface area contributed by atoms with Crippen LogP contribution in [-0.2, 0) is 5.75 Å². The molecule has 24 heavy (non-hydrogen) atoms. The highest BCUT2D eigenvalue weighted by Gasteiger charge is 2.13. The highest BCUT2D eigenvalue weighted by molar-refractivity contribution is 7.98. The van der Waals surface area contributed by atoms with E-state index in [1.54, 1.807) is 29.4 Å². The van der Waals surface area contributed by atoms with E-state index in [0.29, 0.717) is 0 Å². The second-order valence-electron chi connectivity index (χ2n) is 5.48. The second kappa shape index (κ2) is 6.37. The third-order valence-corrected chi connectivity index (χ3v) is 6.04. The summed E-state index contributed by atoms with van der Waals surface area (Å²) in [4.78, 5) is 11.2. The van der Waals surface area contributed by atoms with Crippen molar-refractivity contribution in [3.8, 4) is 11.3 Å². The minimum atomic E-state index is 0.719. The van der Waals surface area contributed by atoms with E-state index in [-0.39, 0.29) is 0 Å². The largest absolute Gasteiger partial charge is 0.356 e. The van der Waals surface area contributed by atoms with Crippen molar-refractivity contribution in [1.29, 1.82) is 0 Å². The first kappa shape index (κ1) is 15.4. The molecular formula is C18H15N3OS2. The van der Waals surface area contributed by atoms with Crippen LogP contribution >= 0.6 is 23.1 Å². The van der Waals surface area contributed by atoms with Gasteiger partial charge in [0.25, 0.3) is 0 Å². The first-order valence-corrected chi connectivity index (χ1v) is 9.37. The van der Waals surface area contributed by atoms with Crippen molar-refractivity contribution in [2.45, 2.75) is 24.6 Å². The van der Waals surface area contributed by atoms with Crippen LogP contribution in [0.5, 0.6) is 0 Å². The topological polar surface area (TPSA) is 51.8 Å². The van der Waals surface area contributed by atoms with Crippen LogP contribution in [-0.4, -0.2) is 15.1 Å². The molecule has 6 heteroatoms. The maximum absolute atomic E-state index is 5.46. The molecule has 4 nitrogen and oxygen atoms in total. The average molecular weight is 353 g/mol. The summed E-state index contributed by atoms with van der Waals surface area (Å²) >= 11 is 3.39. The van der Waals surface area contributed by atoms with Crippen molar-refractivity contribution in [3.05, 3.63) is 58.9 Å². The highest BCUT2D eigenvalue weighted by atomic mass is 32.2. The number of hydrogen-bond acceptors (Lipinski definition) is 6. The van der Waals surface area contributed by atoms with Crippen molar-refractivity contribution in [3.63, 3.8) is 0 Å². The van der Waals surface area contributed by atoms with E-state index in [1.807, 2.05) is 36.4 Å². The zero-order valence-electron chi connectivity index (χ0n) is 13.3. The molecule has 0 fully saturated rings. The van der Waals surface area contributed by atoms with Gasteiger partial charge >= 0.3 is 0 Å². The molecule has 4 rings (SSSR count). The number of thioether (sulfide) groups is 1. The summed E-state index contributed by atoms with van der Waals surface area (Å²) in [7, 11) is 0. The summed E-state index contributed by atoms with van der Waals surface area (Å²) in [5.74, 6) is 1.51. The van der Waals surface area contributed by atoms with Crippen molar-refractivity contribution in [2.75, 3.05) is 0 Å². The number of nitrogens with zero attached hydrogens (tertiary/aromatic N) is 3. The molecule has 0 unspecified atom stereocenters. The maximum atomic E-state index is 5.46. The first-order valence-electron chi connectivity index (χ1n) is 7.57. The third kappa shape index (κ3) is 2.83. The Balaban J connectivity index is 1.57. The number of aryl methyl sites for hydroxylation is 2. The molecule has 4 aromatic rings. The number of aromatic nitrogens is 3. The van der Waals surface area contributed by atoms with Gasteiger partial charge in [-0.2, -0.15) is 0 Å². The van der Waals surface area contributed by atoms with Gasteiger partial charge in [0.05, 0.1) is 5.69 Å². The zero-order valence-corrected chi connectivity index (χ0v) is 14.9. The monoisotopic (exact) mass is 353 g/mol. The zero-order chi connectivity index (χ0) is 16.5. The SMILES string of the molecule is Cc1sc2ncnc(SCc3cc(-c4ccccc4)on3)c2c1C. The van der Waals surface area contributed by atoms with Crippen LogP contribution in [0.3, 0.4) is 0 Å². The molecule has 0 aliphatic rings. The van der Waals surface area contributed by atoms with Gasteiger partial charge in [0.15, 0.2) is 5.76 Å². The fraction of sp³-hybridized carbons (Fsp3) is 0.167. The van der Waals surface area contributed by atoms with Crippen LogP contribution in [0.15, 0.2) is 52.3 Å². The molecule has 0 aliphatic carbocycles. The molecule has 0 spiro atoms. The number of thiophene rings is 1. The molecule has 0 bridgehead atoms. The molecule has 0 aliphatic heterocycles. The minimum Gasteiger partial charge on any atom is -0.356 e. The molecule has 0 atom stereocenters. The summed E-state index contributed by atoms with van der Waals surface area (Å²) in [6, 6.07) is 12.0. The first-order chi connectivity index (χ1) is 11.7. The van der Waals surface area contributed by atoms with Gasteiger partial charge in [0.2, 0.25) is 0 Å². The smallest absolute Gasteiger partial charge is 0.167 e.